The molecule has 0 radical (unpaired) electrons. The fourth-order valence-corrected chi connectivity index (χ4v) is 1.79. The molecule has 2 aromatic heterocycles. The minimum atomic E-state index is 0.378. The van der Waals surface area contributed by atoms with Crippen LogP contribution in [-0.4, -0.2) is 22.2 Å². The van der Waals surface area contributed by atoms with E-state index < -0.39 is 0 Å². The van der Waals surface area contributed by atoms with Crippen LogP contribution in [0.25, 0.3) is 11.3 Å². The normalized spacial score (nSPS) is 13.1. The van der Waals surface area contributed by atoms with Crippen LogP contribution in [0.2, 0.25) is 0 Å². The van der Waals surface area contributed by atoms with Crippen molar-refractivity contribution in [2.24, 2.45) is 0 Å². The molecule has 1 aliphatic rings. The topological polar surface area (TPSA) is 61.0 Å². The summed E-state index contributed by atoms with van der Waals surface area (Å²) < 4.78 is 10.1. The molecule has 3 rings (SSSR count). The number of aromatic nitrogens is 3. The minimum Gasteiger partial charge on any atom is -0.467 e. The average molecular weight is 203 g/mol. The number of methoxy groups -OCH3 is 1. The minimum absolute atomic E-state index is 0.378. The molecule has 0 N–H and O–H groups in total. The van der Waals surface area contributed by atoms with Gasteiger partial charge in [-0.25, -0.2) is 4.98 Å². The smallest absolute Gasteiger partial charge is 0.316 e. The molecule has 0 saturated carbocycles. The first-order valence-electron chi connectivity index (χ1n) is 4.72. The molecule has 5 heteroatoms. The van der Waals surface area contributed by atoms with Gasteiger partial charge in [-0.05, 0) is 12.0 Å². The standard InChI is InChI=1S/C10H9N3O2/c1-14-10-11-4-6-2-3-8-7(5-12-15-8)9(6)13-10/h4-5H,2-3H2,1H3. The van der Waals surface area contributed by atoms with Crippen molar-refractivity contribution >= 4 is 0 Å². The number of aryl methyl sites for hydroxylation is 2. The number of nitrogens with zero attached hydrogens (tertiary/aromatic N) is 3. The first kappa shape index (κ1) is 8.40. The van der Waals surface area contributed by atoms with E-state index in [1.807, 2.05) is 0 Å². The molecule has 2 aromatic rings. The van der Waals surface area contributed by atoms with E-state index in [1.54, 1.807) is 19.5 Å². The van der Waals surface area contributed by atoms with Crippen molar-refractivity contribution in [2.75, 3.05) is 7.11 Å². The molecule has 0 spiro atoms. The Bertz CT molecular complexity index is 507. The number of fused-ring (bicyclic) bond motifs is 3. The van der Waals surface area contributed by atoms with E-state index in [9.17, 15) is 0 Å². The first-order valence-corrected chi connectivity index (χ1v) is 4.72. The summed E-state index contributed by atoms with van der Waals surface area (Å²) in [4.78, 5) is 8.40. The van der Waals surface area contributed by atoms with Gasteiger partial charge in [-0.2, -0.15) is 4.98 Å². The van der Waals surface area contributed by atoms with Gasteiger partial charge in [0.15, 0.2) is 0 Å². The van der Waals surface area contributed by atoms with Crippen molar-refractivity contribution in [3.63, 3.8) is 0 Å². The Hall–Kier alpha value is -1.91. The van der Waals surface area contributed by atoms with Gasteiger partial charge in [0.1, 0.15) is 5.76 Å². The van der Waals surface area contributed by atoms with Crippen molar-refractivity contribution in [1.29, 1.82) is 0 Å². The third-order valence-corrected chi connectivity index (χ3v) is 2.55. The SMILES string of the molecule is COc1ncc2c(n1)-c1cnoc1CC2. The zero-order valence-corrected chi connectivity index (χ0v) is 8.23. The van der Waals surface area contributed by atoms with Crippen molar-refractivity contribution in [2.45, 2.75) is 12.8 Å². The van der Waals surface area contributed by atoms with Crippen LogP contribution < -0.4 is 4.74 Å². The predicted molar refractivity (Wildman–Crippen MR) is 51.5 cm³/mol. The number of hydrogen-bond donors (Lipinski definition) is 0. The molecule has 0 fully saturated rings. The van der Waals surface area contributed by atoms with Crippen LogP contribution in [0, 0.1) is 0 Å². The second-order valence-corrected chi connectivity index (χ2v) is 3.39. The molecule has 0 unspecified atom stereocenters. The van der Waals surface area contributed by atoms with Crippen LogP contribution in [0.4, 0.5) is 0 Å². The van der Waals surface area contributed by atoms with E-state index in [4.69, 9.17) is 9.26 Å². The Kier molecular flexibility index (Phi) is 1.71. The first-order chi connectivity index (χ1) is 7.38. The number of rotatable bonds is 1. The van der Waals surface area contributed by atoms with Crippen molar-refractivity contribution in [3.05, 3.63) is 23.7 Å². The third kappa shape index (κ3) is 1.20. The second-order valence-electron chi connectivity index (χ2n) is 3.39. The van der Waals surface area contributed by atoms with Gasteiger partial charge in [-0.3, -0.25) is 0 Å². The molecule has 0 atom stereocenters. The summed E-state index contributed by atoms with van der Waals surface area (Å²) >= 11 is 0. The lowest BCUT2D eigenvalue weighted by Gasteiger charge is -2.12. The lowest BCUT2D eigenvalue weighted by atomic mass is 9.96. The van der Waals surface area contributed by atoms with Crippen molar-refractivity contribution in [3.8, 4) is 17.3 Å². The lowest BCUT2D eigenvalue weighted by molar-refractivity contribution is 0.376. The molecule has 0 bridgehead atoms. The van der Waals surface area contributed by atoms with Gasteiger partial charge >= 0.3 is 6.01 Å². The number of hydrogen-bond acceptors (Lipinski definition) is 5. The van der Waals surface area contributed by atoms with E-state index >= 15 is 0 Å². The maximum Gasteiger partial charge on any atom is 0.316 e. The largest absolute Gasteiger partial charge is 0.467 e. The lowest BCUT2D eigenvalue weighted by Crippen LogP contribution is -2.05. The monoisotopic (exact) mass is 203 g/mol. The molecule has 0 aliphatic heterocycles. The summed E-state index contributed by atoms with van der Waals surface area (Å²) in [5.41, 5.74) is 2.95. The Morgan fingerprint density at radius 1 is 1.33 bits per heavy atom. The van der Waals surface area contributed by atoms with E-state index in [-0.39, 0.29) is 0 Å². The fourth-order valence-electron chi connectivity index (χ4n) is 1.79. The van der Waals surface area contributed by atoms with Crippen LogP contribution in [0.5, 0.6) is 6.01 Å². The highest BCUT2D eigenvalue weighted by Gasteiger charge is 2.21. The Morgan fingerprint density at radius 3 is 3.13 bits per heavy atom. The molecule has 0 amide bonds. The molecular formula is C10H9N3O2. The van der Waals surface area contributed by atoms with Gasteiger partial charge in [-0.1, -0.05) is 5.16 Å². The van der Waals surface area contributed by atoms with Gasteiger partial charge in [0.05, 0.1) is 24.6 Å². The van der Waals surface area contributed by atoms with Gasteiger partial charge in [0.25, 0.3) is 0 Å². The maximum atomic E-state index is 5.14. The summed E-state index contributed by atoms with van der Waals surface area (Å²) in [6.07, 6.45) is 5.25. The predicted octanol–water partition coefficient (Wildman–Crippen LogP) is 1.24. The molecule has 76 valence electrons. The summed E-state index contributed by atoms with van der Waals surface area (Å²) in [5.74, 6) is 0.892. The summed E-state index contributed by atoms with van der Waals surface area (Å²) in [5, 5.41) is 3.78. The highest BCUT2D eigenvalue weighted by molar-refractivity contribution is 5.66. The Balaban J connectivity index is 2.21. The van der Waals surface area contributed by atoms with Crippen LogP contribution in [0.15, 0.2) is 16.9 Å². The van der Waals surface area contributed by atoms with Crippen molar-refractivity contribution in [1.82, 2.24) is 15.1 Å². The highest BCUT2D eigenvalue weighted by atomic mass is 16.5. The Morgan fingerprint density at radius 2 is 2.27 bits per heavy atom. The summed E-state index contributed by atoms with van der Waals surface area (Å²) in [6.45, 7) is 0. The molecule has 5 nitrogen and oxygen atoms in total. The third-order valence-electron chi connectivity index (χ3n) is 2.55. The van der Waals surface area contributed by atoms with E-state index in [0.717, 1.165) is 35.4 Å². The van der Waals surface area contributed by atoms with Crippen LogP contribution in [0.3, 0.4) is 0 Å². The summed E-state index contributed by atoms with van der Waals surface area (Å²) in [7, 11) is 1.55. The molecule has 1 aliphatic carbocycles. The zero-order chi connectivity index (χ0) is 10.3. The number of ether oxygens (including phenoxy) is 1. The highest BCUT2D eigenvalue weighted by Crippen LogP contribution is 2.31. The second kappa shape index (κ2) is 3.05. The molecule has 0 aromatic carbocycles. The van der Waals surface area contributed by atoms with Gasteiger partial charge < -0.3 is 9.26 Å². The quantitative estimate of drug-likeness (QED) is 0.697. The van der Waals surface area contributed by atoms with Crippen LogP contribution >= 0.6 is 0 Å². The van der Waals surface area contributed by atoms with Gasteiger partial charge in [0, 0.05) is 12.6 Å². The van der Waals surface area contributed by atoms with E-state index in [1.165, 1.54) is 0 Å². The molecular weight excluding hydrogens is 194 g/mol. The fraction of sp³-hybridized carbons (Fsp3) is 0.300. The molecule has 2 heterocycles. The molecule has 0 saturated heterocycles. The van der Waals surface area contributed by atoms with Crippen molar-refractivity contribution < 1.29 is 9.26 Å². The van der Waals surface area contributed by atoms with Gasteiger partial charge in [0.2, 0.25) is 0 Å². The average Bonchev–Trinajstić information content (AvgIpc) is 2.76. The van der Waals surface area contributed by atoms with Gasteiger partial charge in [-0.15, -0.1) is 0 Å². The summed E-state index contributed by atoms with van der Waals surface area (Å²) in [6, 6.07) is 0.378. The maximum absolute atomic E-state index is 5.14. The zero-order valence-electron chi connectivity index (χ0n) is 8.23. The molecule has 15 heavy (non-hydrogen) atoms. The van der Waals surface area contributed by atoms with E-state index in [0.29, 0.717) is 6.01 Å². The van der Waals surface area contributed by atoms with E-state index in [2.05, 4.69) is 15.1 Å². The van der Waals surface area contributed by atoms with Crippen LogP contribution in [0.1, 0.15) is 11.3 Å². The Labute approximate surface area is 86.1 Å². The van der Waals surface area contributed by atoms with Crippen LogP contribution in [-0.2, 0) is 12.8 Å².